The fraction of sp³-hybridized carbons (Fsp3) is 0.154. The topological polar surface area (TPSA) is 88.4 Å². The summed E-state index contributed by atoms with van der Waals surface area (Å²) >= 11 is 0. The average molecular weight is 274 g/mol. The summed E-state index contributed by atoms with van der Waals surface area (Å²) < 4.78 is 9.95. The van der Waals surface area contributed by atoms with E-state index in [0.29, 0.717) is 11.4 Å². The Hall–Kier alpha value is -2.83. The van der Waals surface area contributed by atoms with E-state index in [-0.39, 0.29) is 11.5 Å². The molecule has 1 atom stereocenters. The maximum atomic E-state index is 11.7. The number of ether oxygens (including phenoxy) is 2. The van der Waals surface area contributed by atoms with Gasteiger partial charge >= 0.3 is 11.9 Å². The lowest BCUT2D eigenvalue weighted by Gasteiger charge is -2.28. The van der Waals surface area contributed by atoms with Crippen molar-refractivity contribution in [2.75, 3.05) is 12.0 Å². The number of para-hydroxylation sites is 2. The van der Waals surface area contributed by atoms with E-state index in [4.69, 9.17) is 4.74 Å². The van der Waals surface area contributed by atoms with Gasteiger partial charge in [-0.3, -0.25) is 0 Å². The van der Waals surface area contributed by atoms with Crippen molar-refractivity contribution in [2.45, 2.75) is 6.04 Å². The Morgan fingerprint density at radius 1 is 1.40 bits per heavy atom. The molecule has 2 aliphatic rings. The molecule has 2 heterocycles. The van der Waals surface area contributed by atoms with Crippen molar-refractivity contribution >= 4 is 23.3 Å². The third-order valence-electron chi connectivity index (χ3n) is 3.04. The number of carboxylic acid groups (broad SMARTS) is 1. The van der Waals surface area contributed by atoms with E-state index < -0.39 is 18.0 Å². The van der Waals surface area contributed by atoms with Crippen molar-refractivity contribution in [3.8, 4) is 5.75 Å². The van der Waals surface area contributed by atoms with Gasteiger partial charge in [-0.25, -0.2) is 14.6 Å². The minimum Gasteiger partial charge on any atom is -0.479 e. The van der Waals surface area contributed by atoms with E-state index in [9.17, 15) is 14.7 Å². The summed E-state index contributed by atoms with van der Waals surface area (Å²) in [5, 5.41) is 9.39. The minimum absolute atomic E-state index is 0.174. The van der Waals surface area contributed by atoms with Crippen molar-refractivity contribution < 1.29 is 24.2 Å². The number of fused-ring (bicyclic) bond motifs is 3. The van der Waals surface area contributed by atoms with Gasteiger partial charge in [0, 0.05) is 0 Å². The van der Waals surface area contributed by atoms with Crippen molar-refractivity contribution in [1.82, 2.24) is 0 Å². The number of carbonyl (C=O) groups excluding carboxylic acids is 1. The molecule has 1 aromatic carbocycles. The number of carboxylic acids is 1. The Balaban J connectivity index is 2.11. The van der Waals surface area contributed by atoms with Gasteiger partial charge in [0.05, 0.1) is 12.8 Å². The summed E-state index contributed by atoms with van der Waals surface area (Å²) in [5.41, 5.74) is 0.367. The number of aliphatic imine (C=N–C) groups is 1. The number of carbonyl (C=O) groups is 2. The maximum absolute atomic E-state index is 11.7. The van der Waals surface area contributed by atoms with E-state index in [1.807, 2.05) is 0 Å². The highest BCUT2D eigenvalue weighted by molar-refractivity contribution is 6.44. The van der Waals surface area contributed by atoms with Crippen LogP contribution in [0.4, 0.5) is 5.69 Å². The summed E-state index contributed by atoms with van der Waals surface area (Å²) in [6.07, 6.45) is 1.31. The third-order valence-corrected chi connectivity index (χ3v) is 3.04. The average Bonchev–Trinajstić information content (AvgIpc) is 2.86. The van der Waals surface area contributed by atoms with Gasteiger partial charge in [0.15, 0.2) is 17.6 Å². The van der Waals surface area contributed by atoms with Crippen molar-refractivity contribution in [2.24, 2.45) is 4.99 Å². The highest BCUT2D eigenvalue weighted by atomic mass is 16.5. The number of anilines is 1. The fourth-order valence-electron chi connectivity index (χ4n) is 2.20. The van der Waals surface area contributed by atoms with Gasteiger partial charge in [-0.2, -0.15) is 0 Å². The summed E-state index contributed by atoms with van der Waals surface area (Å²) in [6, 6.07) is 5.70. The van der Waals surface area contributed by atoms with Gasteiger partial charge in [-0.1, -0.05) is 12.1 Å². The molecule has 1 unspecified atom stereocenters. The van der Waals surface area contributed by atoms with Crippen LogP contribution in [0.5, 0.6) is 5.75 Å². The number of hydrogen-bond donors (Lipinski definition) is 1. The Kier molecular flexibility index (Phi) is 2.67. The highest BCUT2D eigenvalue weighted by Crippen LogP contribution is 2.39. The summed E-state index contributed by atoms with van der Waals surface area (Å²) in [5.74, 6) is -1.19. The lowest BCUT2D eigenvalue weighted by Crippen LogP contribution is -2.45. The quantitative estimate of drug-likeness (QED) is 0.801. The highest BCUT2D eigenvalue weighted by Gasteiger charge is 2.45. The molecule has 0 saturated heterocycles. The van der Waals surface area contributed by atoms with Crippen molar-refractivity contribution in [1.29, 1.82) is 0 Å². The first-order chi connectivity index (χ1) is 9.63. The van der Waals surface area contributed by atoms with Crippen LogP contribution in [0.3, 0.4) is 0 Å². The second kappa shape index (κ2) is 4.37. The van der Waals surface area contributed by atoms with Gasteiger partial charge in [-0.05, 0) is 12.1 Å². The predicted octanol–water partition coefficient (Wildman–Crippen LogP) is 0.765. The molecule has 2 aliphatic heterocycles. The summed E-state index contributed by atoms with van der Waals surface area (Å²) in [6.45, 7) is 0. The van der Waals surface area contributed by atoms with E-state index in [1.54, 1.807) is 24.3 Å². The summed E-state index contributed by atoms with van der Waals surface area (Å²) in [4.78, 5) is 28.6. The van der Waals surface area contributed by atoms with E-state index in [2.05, 4.69) is 9.73 Å². The molecule has 0 aliphatic carbocycles. The molecule has 0 aromatic heterocycles. The molecule has 102 valence electrons. The first kappa shape index (κ1) is 12.2. The number of esters is 1. The van der Waals surface area contributed by atoms with Gasteiger partial charge in [0.2, 0.25) is 0 Å². The van der Waals surface area contributed by atoms with Crippen LogP contribution in [0.2, 0.25) is 0 Å². The molecule has 7 heteroatoms. The Morgan fingerprint density at radius 2 is 2.15 bits per heavy atom. The molecule has 0 bridgehead atoms. The number of rotatable bonds is 2. The van der Waals surface area contributed by atoms with Gasteiger partial charge < -0.3 is 19.5 Å². The normalized spacial score (nSPS) is 19.2. The smallest absolute Gasteiger partial charge is 0.355 e. The molecule has 7 nitrogen and oxygen atoms in total. The predicted molar refractivity (Wildman–Crippen MR) is 68.5 cm³/mol. The SMILES string of the molecule is COC(=O)C1=NC2=COc3ccccc3N2C1C(=O)O. The zero-order valence-electron chi connectivity index (χ0n) is 10.4. The zero-order chi connectivity index (χ0) is 14.3. The number of benzene rings is 1. The molecule has 0 fully saturated rings. The molecule has 1 aromatic rings. The molecular weight excluding hydrogens is 264 g/mol. The molecule has 0 saturated carbocycles. The van der Waals surface area contributed by atoms with Crippen LogP contribution >= 0.6 is 0 Å². The number of aliphatic carboxylic acids is 1. The van der Waals surface area contributed by atoms with E-state index >= 15 is 0 Å². The monoisotopic (exact) mass is 274 g/mol. The van der Waals surface area contributed by atoms with Gasteiger partial charge in [-0.15, -0.1) is 0 Å². The largest absolute Gasteiger partial charge is 0.479 e. The Bertz CT molecular complexity index is 664. The molecule has 3 rings (SSSR count). The van der Waals surface area contributed by atoms with E-state index in [1.165, 1.54) is 18.3 Å². The van der Waals surface area contributed by atoms with Crippen LogP contribution in [-0.2, 0) is 14.3 Å². The van der Waals surface area contributed by atoms with Crippen LogP contribution in [0, 0.1) is 0 Å². The molecule has 0 spiro atoms. The minimum atomic E-state index is -1.22. The lowest BCUT2D eigenvalue weighted by molar-refractivity contribution is -0.139. The van der Waals surface area contributed by atoms with Crippen LogP contribution in [0.1, 0.15) is 0 Å². The van der Waals surface area contributed by atoms with Crippen LogP contribution in [0.25, 0.3) is 0 Å². The summed E-state index contributed by atoms with van der Waals surface area (Å²) in [7, 11) is 1.18. The second-order valence-electron chi connectivity index (χ2n) is 4.16. The maximum Gasteiger partial charge on any atom is 0.355 e. The Morgan fingerprint density at radius 3 is 2.85 bits per heavy atom. The number of hydrogen-bond acceptors (Lipinski definition) is 6. The molecule has 1 N–H and O–H groups in total. The van der Waals surface area contributed by atoms with Crippen molar-refractivity contribution in [3.05, 3.63) is 36.3 Å². The van der Waals surface area contributed by atoms with Crippen LogP contribution in [0.15, 0.2) is 41.3 Å². The first-order valence-electron chi connectivity index (χ1n) is 5.78. The number of methoxy groups -OCH3 is 1. The van der Waals surface area contributed by atoms with Gasteiger partial charge in [0.1, 0.15) is 12.0 Å². The standard InChI is InChI=1S/C13H10N2O5/c1-19-13(18)10-11(12(16)17)15-7-4-2-3-5-8(7)20-6-9(15)14-10/h2-6,11H,1H3,(H,16,17). The lowest BCUT2D eigenvalue weighted by atomic mass is 10.1. The Labute approximate surface area is 113 Å². The van der Waals surface area contributed by atoms with Gasteiger partial charge in [0.25, 0.3) is 0 Å². The van der Waals surface area contributed by atoms with Crippen molar-refractivity contribution in [3.63, 3.8) is 0 Å². The first-order valence-corrected chi connectivity index (χ1v) is 5.78. The second-order valence-corrected chi connectivity index (χ2v) is 4.16. The zero-order valence-corrected chi connectivity index (χ0v) is 10.4. The third kappa shape index (κ3) is 1.63. The molecule has 0 amide bonds. The fourth-order valence-corrected chi connectivity index (χ4v) is 2.20. The molecular formula is C13H10N2O5. The molecule has 20 heavy (non-hydrogen) atoms. The van der Waals surface area contributed by atoms with Crippen LogP contribution in [-0.4, -0.2) is 35.9 Å². The van der Waals surface area contributed by atoms with E-state index in [0.717, 1.165) is 0 Å². The molecule has 0 radical (unpaired) electrons. The van der Waals surface area contributed by atoms with Crippen LogP contribution < -0.4 is 9.64 Å². The number of nitrogens with zero attached hydrogens (tertiary/aromatic N) is 2.